The second kappa shape index (κ2) is 5.39. The minimum absolute atomic E-state index is 0.293. The molecule has 5 nitrogen and oxygen atoms in total. The third-order valence-corrected chi connectivity index (χ3v) is 4.19. The quantitative estimate of drug-likeness (QED) is 0.781. The van der Waals surface area contributed by atoms with Crippen LogP contribution in [0.1, 0.15) is 40.6 Å². The lowest BCUT2D eigenvalue weighted by Crippen LogP contribution is -2.29. The number of thiophene rings is 1. The molecule has 0 radical (unpaired) electrons. The fraction of sp³-hybridized carbons (Fsp3) is 0.500. The number of nitrogens with two attached hydrogens (primary N) is 1. The van der Waals surface area contributed by atoms with E-state index in [1.807, 2.05) is 6.92 Å². The van der Waals surface area contributed by atoms with Crippen LogP contribution < -0.4 is 16.4 Å². The van der Waals surface area contributed by atoms with E-state index < -0.39 is 5.91 Å². The summed E-state index contributed by atoms with van der Waals surface area (Å²) in [4.78, 5) is 24.3. The Morgan fingerprint density at radius 2 is 2.06 bits per heavy atom. The molecule has 1 aromatic rings. The third kappa shape index (κ3) is 2.48. The van der Waals surface area contributed by atoms with Crippen molar-refractivity contribution in [2.75, 3.05) is 11.9 Å². The van der Waals surface area contributed by atoms with Gasteiger partial charge in [0.1, 0.15) is 5.00 Å². The fourth-order valence-electron chi connectivity index (χ4n) is 2.22. The number of fused-ring (bicyclic) bond motifs is 1. The first kappa shape index (κ1) is 12.9. The number of amides is 3. The summed E-state index contributed by atoms with van der Waals surface area (Å²) in [6.45, 7) is 2.39. The zero-order valence-corrected chi connectivity index (χ0v) is 11.2. The van der Waals surface area contributed by atoms with Crippen molar-refractivity contribution < 1.29 is 9.59 Å². The molecule has 18 heavy (non-hydrogen) atoms. The predicted octanol–water partition coefficient (Wildman–Crippen LogP) is 1.87. The summed E-state index contributed by atoms with van der Waals surface area (Å²) >= 11 is 1.47. The maximum absolute atomic E-state index is 11.6. The van der Waals surface area contributed by atoms with Crippen LogP contribution in [-0.2, 0) is 12.8 Å². The highest BCUT2D eigenvalue weighted by Crippen LogP contribution is 2.37. The average Bonchev–Trinajstić information content (AvgIpc) is 2.66. The van der Waals surface area contributed by atoms with Crippen LogP contribution in [0.2, 0.25) is 0 Å². The van der Waals surface area contributed by atoms with E-state index in [1.165, 1.54) is 16.2 Å². The molecular weight excluding hydrogens is 250 g/mol. The molecule has 0 saturated carbocycles. The largest absolute Gasteiger partial charge is 0.365 e. The van der Waals surface area contributed by atoms with Gasteiger partial charge in [-0.2, -0.15) is 0 Å². The second-order valence-corrected chi connectivity index (χ2v) is 5.37. The average molecular weight is 267 g/mol. The van der Waals surface area contributed by atoms with E-state index in [9.17, 15) is 9.59 Å². The van der Waals surface area contributed by atoms with Gasteiger partial charge in [-0.05, 0) is 38.2 Å². The molecule has 2 rings (SSSR count). The normalized spacial score (nSPS) is 13.8. The van der Waals surface area contributed by atoms with Crippen molar-refractivity contribution in [3.05, 3.63) is 16.0 Å². The van der Waals surface area contributed by atoms with Crippen molar-refractivity contribution >= 4 is 28.3 Å². The molecule has 98 valence electrons. The van der Waals surface area contributed by atoms with Gasteiger partial charge in [-0.3, -0.25) is 10.1 Å². The molecule has 1 aliphatic carbocycles. The number of anilines is 1. The molecular formula is C12H17N3O2S. The number of aryl methyl sites for hydroxylation is 1. The maximum atomic E-state index is 11.6. The van der Waals surface area contributed by atoms with E-state index in [-0.39, 0.29) is 6.03 Å². The van der Waals surface area contributed by atoms with Crippen LogP contribution in [0.3, 0.4) is 0 Å². The van der Waals surface area contributed by atoms with Crippen molar-refractivity contribution in [2.45, 2.75) is 32.6 Å². The van der Waals surface area contributed by atoms with E-state index in [0.717, 1.165) is 31.2 Å². The van der Waals surface area contributed by atoms with Crippen molar-refractivity contribution in [1.82, 2.24) is 5.32 Å². The summed E-state index contributed by atoms with van der Waals surface area (Å²) in [5, 5.41) is 5.95. The lowest BCUT2D eigenvalue weighted by molar-refractivity contribution is 0.100. The van der Waals surface area contributed by atoms with E-state index in [1.54, 1.807) is 0 Å². The van der Waals surface area contributed by atoms with E-state index >= 15 is 0 Å². The summed E-state index contributed by atoms with van der Waals surface area (Å²) in [6, 6.07) is -0.293. The molecule has 0 aliphatic heterocycles. The van der Waals surface area contributed by atoms with Gasteiger partial charge in [0.05, 0.1) is 5.56 Å². The Hall–Kier alpha value is -1.56. The molecule has 1 aliphatic rings. The number of hydrogen-bond donors (Lipinski definition) is 3. The minimum Gasteiger partial charge on any atom is -0.365 e. The molecule has 0 bridgehead atoms. The number of primary amides is 1. The molecule has 0 saturated heterocycles. The Morgan fingerprint density at radius 3 is 2.72 bits per heavy atom. The van der Waals surface area contributed by atoms with Crippen LogP contribution >= 0.6 is 11.3 Å². The van der Waals surface area contributed by atoms with Crippen molar-refractivity contribution in [3.8, 4) is 0 Å². The monoisotopic (exact) mass is 267 g/mol. The first-order chi connectivity index (χ1) is 8.63. The highest BCUT2D eigenvalue weighted by Gasteiger charge is 2.24. The van der Waals surface area contributed by atoms with Gasteiger partial charge in [-0.25, -0.2) is 4.79 Å². The Labute approximate surface area is 110 Å². The van der Waals surface area contributed by atoms with Crippen LogP contribution in [0, 0.1) is 0 Å². The third-order valence-electron chi connectivity index (χ3n) is 2.98. The lowest BCUT2D eigenvalue weighted by atomic mass is 9.95. The molecule has 0 aromatic carbocycles. The number of urea groups is 1. The number of carbonyl (C=O) groups is 2. The zero-order chi connectivity index (χ0) is 13.1. The Morgan fingerprint density at radius 1 is 1.33 bits per heavy atom. The van der Waals surface area contributed by atoms with Gasteiger partial charge in [0.15, 0.2) is 0 Å². The molecule has 0 spiro atoms. The molecule has 0 atom stereocenters. The zero-order valence-electron chi connectivity index (χ0n) is 10.3. The molecule has 1 heterocycles. The van der Waals surface area contributed by atoms with E-state index in [2.05, 4.69) is 10.6 Å². The minimum atomic E-state index is -0.457. The summed E-state index contributed by atoms with van der Waals surface area (Å²) in [5.74, 6) is -0.457. The summed E-state index contributed by atoms with van der Waals surface area (Å²) in [5.41, 5.74) is 6.96. The topological polar surface area (TPSA) is 84.2 Å². The summed E-state index contributed by atoms with van der Waals surface area (Å²) < 4.78 is 0. The Bertz CT molecular complexity index is 482. The Kier molecular flexibility index (Phi) is 3.86. The van der Waals surface area contributed by atoms with Gasteiger partial charge in [0.25, 0.3) is 5.91 Å². The highest BCUT2D eigenvalue weighted by atomic mass is 32.1. The van der Waals surface area contributed by atoms with Crippen molar-refractivity contribution in [2.24, 2.45) is 5.73 Å². The Balaban J connectivity index is 2.31. The summed E-state index contributed by atoms with van der Waals surface area (Å²) in [7, 11) is 0. The number of hydrogen-bond acceptors (Lipinski definition) is 3. The standard InChI is InChI=1S/C12H17N3O2S/c1-2-14-12(17)15-11-9(10(13)16)7-5-3-4-6-8(7)18-11/h2-6H2,1H3,(H2,13,16)(H2,14,15,17). The van der Waals surface area contributed by atoms with Crippen LogP contribution in [0.5, 0.6) is 0 Å². The molecule has 6 heteroatoms. The molecule has 0 unspecified atom stereocenters. The predicted molar refractivity (Wildman–Crippen MR) is 72.2 cm³/mol. The number of rotatable bonds is 3. The molecule has 3 amide bonds. The molecule has 0 fully saturated rings. The first-order valence-corrected chi connectivity index (χ1v) is 6.94. The fourth-order valence-corrected chi connectivity index (χ4v) is 3.51. The van der Waals surface area contributed by atoms with E-state index in [0.29, 0.717) is 17.1 Å². The first-order valence-electron chi connectivity index (χ1n) is 6.12. The van der Waals surface area contributed by atoms with Crippen LogP contribution in [0.25, 0.3) is 0 Å². The number of carbonyl (C=O) groups excluding carboxylic acids is 2. The van der Waals surface area contributed by atoms with Gasteiger partial charge in [-0.15, -0.1) is 11.3 Å². The lowest BCUT2D eigenvalue weighted by Gasteiger charge is -2.11. The van der Waals surface area contributed by atoms with Crippen molar-refractivity contribution in [1.29, 1.82) is 0 Å². The highest BCUT2D eigenvalue weighted by molar-refractivity contribution is 7.17. The van der Waals surface area contributed by atoms with Gasteiger partial charge < -0.3 is 11.1 Å². The van der Waals surface area contributed by atoms with Gasteiger partial charge in [-0.1, -0.05) is 0 Å². The van der Waals surface area contributed by atoms with Gasteiger partial charge >= 0.3 is 6.03 Å². The van der Waals surface area contributed by atoms with E-state index in [4.69, 9.17) is 5.73 Å². The van der Waals surface area contributed by atoms with Crippen LogP contribution in [0.4, 0.5) is 9.80 Å². The van der Waals surface area contributed by atoms with Crippen LogP contribution in [-0.4, -0.2) is 18.5 Å². The van der Waals surface area contributed by atoms with Crippen LogP contribution in [0.15, 0.2) is 0 Å². The van der Waals surface area contributed by atoms with Gasteiger partial charge in [0.2, 0.25) is 0 Å². The summed E-state index contributed by atoms with van der Waals surface area (Å²) in [6.07, 6.45) is 4.05. The van der Waals surface area contributed by atoms with Crippen molar-refractivity contribution in [3.63, 3.8) is 0 Å². The van der Waals surface area contributed by atoms with Gasteiger partial charge in [0, 0.05) is 11.4 Å². The smallest absolute Gasteiger partial charge is 0.319 e. The molecule has 4 N–H and O–H groups in total. The second-order valence-electron chi connectivity index (χ2n) is 4.26. The SMILES string of the molecule is CCNC(=O)Nc1sc2c(c1C(N)=O)CCCC2. The maximum Gasteiger partial charge on any atom is 0.319 e. The number of nitrogens with one attached hydrogen (secondary N) is 2. The molecule has 1 aromatic heterocycles.